The fraction of sp³-hybridized carbons (Fsp3) is 0.538. The Morgan fingerprint density at radius 3 is 1.71 bits per heavy atom. The van der Waals surface area contributed by atoms with Gasteiger partial charge in [-0.1, -0.05) is 0 Å². The molecule has 0 heterocycles. The SMILES string of the molecule is CC[O][Sn]([CH2]c1ccccc1)([O]CC)[O]CC. The van der Waals surface area contributed by atoms with Gasteiger partial charge in [-0.2, -0.15) is 0 Å². The van der Waals surface area contributed by atoms with Crippen molar-refractivity contribution in [1.29, 1.82) is 0 Å². The Kier molecular flexibility index (Phi) is 7.11. The maximum absolute atomic E-state index is 5.88. The Balaban J connectivity index is 2.80. The molecule has 0 aliphatic carbocycles. The summed E-state index contributed by atoms with van der Waals surface area (Å²) in [5.74, 6) is 0. The van der Waals surface area contributed by atoms with E-state index in [0.717, 1.165) is 4.44 Å². The van der Waals surface area contributed by atoms with Gasteiger partial charge in [-0.15, -0.1) is 0 Å². The first-order valence-electron chi connectivity index (χ1n) is 6.22. The van der Waals surface area contributed by atoms with Gasteiger partial charge in [0.25, 0.3) is 0 Å². The van der Waals surface area contributed by atoms with Gasteiger partial charge in [0.1, 0.15) is 0 Å². The summed E-state index contributed by atoms with van der Waals surface area (Å²) in [7, 11) is 0. The standard InChI is InChI=1S/C7H7.3C2H5O.Sn/c1-7-5-3-2-4-6-7;3*1-2-3;/h2-6H,1H2;3*2H2,1H3;/q;3*-1;+3. The molecule has 0 atom stereocenters. The van der Waals surface area contributed by atoms with Crippen molar-refractivity contribution >= 4 is 19.6 Å². The molecule has 0 bridgehead atoms. The Bertz CT molecular complexity index is 286. The van der Waals surface area contributed by atoms with Gasteiger partial charge < -0.3 is 0 Å². The molecule has 0 amide bonds. The van der Waals surface area contributed by atoms with Crippen molar-refractivity contribution in [2.24, 2.45) is 0 Å². The number of rotatable bonds is 8. The molecule has 17 heavy (non-hydrogen) atoms. The second-order valence-electron chi connectivity index (χ2n) is 3.64. The predicted molar refractivity (Wildman–Crippen MR) is 70.8 cm³/mol. The minimum atomic E-state index is -3.35. The Morgan fingerprint density at radius 2 is 1.29 bits per heavy atom. The van der Waals surface area contributed by atoms with E-state index in [4.69, 9.17) is 9.22 Å². The van der Waals surface area contributed by atoms with E-state index < -0.39 is 19.6 Å². The van der Waals surface area contributed by atoms with Crippen LogP contribution in [0.25, 0.3) is 0 Å². The summed E-state index contributed by atoms with van der Waals surface area (Å²) >= 11 is -3.35. The summed E-state index contributed by atoms with van der Waals surface area (Å²) in [6, 6.07) is 10.3. The number of hydrogen-bond donors (Lipinski definition) is 0. The van der Waals surface area contributed by atoms with Crippen LogP contribution in [0.15, 0.2) is 30.3 Å². The summed E-state index contributed by atoms with van der Waals surface area (Å²) in [6.45, 7) is 7.95. The summed E-state index contributed by atoms with van der Waals surface area (Å²) < 4.78 is 18.5. The van der Waals surface area contributed by atoms with Crippen molar-refractivity contribution in [3.05, 3.63) is 35.9 Å². The van der Waals surface area contributed by atoms with Gasteiger partial charge in [0, 0.05) is 0 Å². The van der Waals surface area contributed by atoms with Crippen molar-refractivity contribution in [3.63, 3.8) is 0 Å². The van der Waals surface area contributed by atoms with Crippen molar-refractivity contribution in [1.82, 2.24) is 0 Å². The molecule has 0 saturated heterocycles. The van der Waals surface area contributed by atoms with Gasteiger partial charge >= 0.3 is 110 Å². The van der Waals surface area contributed by atoms with Crippen molar-refractivity contribution < 1.29 is 9.22 Å². The van der Waals surface area contributed by atoms with Gasteiger partial charge in [-0.3, -0.25) is 0 Å². The first kappa shape index (κ1) is 15.0. The molecule has 0 aliphatic rings. The van der Waals surface area contributed by atoms with Crippen LogP contribution < -0.4 is 0 Å². The summed E-state index contributed by atoms with van der Waals surface area (Å²) in [5.41, 5.74) is 1.23. The first-order chi connectivity index (χ1) is 8.26. The first-order valence-corrected chi connectivity index (χ1v) is 11.7. The normalized spacial score (nSPS) is 11.7. The zero-order valence-corrected chi connectivity index (χ0v) is 13.8. The van der Waals surface area contributed by atoms with E-state index in [9.17, 15) is 0 Å². The fourth-order valence-corrected chi connectivity index (χ4v) is 9.24. The van der Waals surface area contributed by atoms with E-state index in [1.54, 1.807) is 0 Å². The van der Waals surface area contributed by atoms with Gasteiger partial charge in [0.15, 0.2) is 0 Å². The minimum absolute atomic E-state index is 0.656. The van der Waals surface area contributed by atoms with Gasteiger partial charge in [0.2, 0.25) is 0 Å². The van der Waals surface area contributed by atoms with Crippen molar-refractivity contribution in [2.45, 2.75) is 25.2 Å². The molecule has 3 nitrogen and oxygen atoms in total. The molecule has 1 aromatic carbocycles. The fourth-order valence-electron chi connectivity index (χ4n) is 1.78. The van der Waals surface area contributed by atoms with Crippen LogP contribution in [0.2, 0.25) is 0 Å². The molecule has 1 aromatic rings. The van der Waals surface area contributed by atoms with E-state index in [0.29, 0.717) is 19.8 Å². The molecule has 0 aromatic heterocycles. The predicted octanol–water partition coefficient (Wildman–Crippen LogP) is 2.82. The number of benzene rings is 1. The van der Waals surface area contributed by atoms with E-state index in [1.165, 1.54) is 5.56 Å². The molecule has 0 radical (unpaired) electrons. The number of hydrogen-bond acceptors (Lipinski definition) is 3. The molecule has 0 unspecified atom stereocenters. The van der Waals surface area contributed by atoms with E-state index >= 15 is 0 Å². The second kappa shape index (κ2) is 8.08. The third kappa shape index (κ3) is 4.95. The van der Waals surface area contributed by atoms with Crippen LogP contribution >= 0.6 is 0 Å². The van der Waals surface area contributed by atoms with Crippen LogP contribution in [0.3, 0.4) is 0 Å². The Labute approximate surface area is 110 Å². The van der Waals surface area contributed by atoms with Crippen LogP contribution in [-0.4, -0.2) is 39.4 Å². The Morgan fingerprint density at radius 1 is 0.824 bits per heavy atom. The molecule has 0 spiro atoms. The van der Waals surface area contributed by atoms with Gasteiger partial charge in [-0.05, 0) is 0 Å². The van der Waals surface area contributed by atoms with Crippen molar-refractivity contribution in [3.8, 4) is 0 Å². The van der Waals surface area contributed by atoms with Gasteiger partial charge in [-0.25, -0.2) is 0 Å². The van der Waals surface area contributed by atoms with Gasteiger partial charge in [0.05, 0.1) is 0 Å². The van der Waals surface area contributed by atoms with Crippen LogP contribution in [-0.2, 0) is 13.7 Å². The van der Waals surface area contributed by atoms with Crippen LogP contribution in [0.1, 0.15) is 26.3 Å². The van der Waals surface area contributed by atoms with E-state index in [1.807, 2.05) is 39.0 Å². The average Bonchev–Trinajstić information content (AvgIpc) is 2.31. The summed E-state index contributed by atoms with van der Waals surface area (Å²) in [6.07, 6.45) is 0. The van der Waals surface area contributed by atoms with Crippen molar-refractivity contribution in [2.75, 3.05) is 19.8 Å². The van der Waals surface area contributed by atoms with E-state index in [2.05, 4.69) is 12.1 Å². The molecule has 4 heteroatoms. The summed E-state index contributed by atoms with van der Waals surface area (Å²) in [4.78, 5) is 0. The molecule has 0 fully saturated rings. The van der Waals surface area contributed by atoms with E-state index in [-0.39, 0.29) is 0 Å². The molecular weight excluding hydrogens is 323 g/mol. The zero-order chi connectivity index (χ0) is 12.6. The van der Waals surface area contributed by atoms with Crippen LogP contribution in [0, 0.1) is 0 Å². The second-order valence-corrected chi connectivity index (χ2v) is 11.0. The monoisotopic (exact) mass is 346 g/mol. The topological polar surface area (TPSA) is 27.7 Å². The Hall–Kier alpha value is -0.101. The third-order valence-electron chi connectivity index (χ3n) is 2.36. The quantitative estimate of drug-likeness (QED) is 0.679. The summed E-state index contributed by atoms with van der Waals surface area (Å²) in [5, 5.41) is 0. The molecular formula is C13H22O3Sn. The maximum atomic E-state index is 5.88. The molecule has 96 valence electrons. The third-order valence-corrected chi connectivity index (χ3v) is 11.0. The average molecular weight is 345 g/mol. The molecule has 0 saturated carbocycles. The molecule has 0 aliphatic heterocycles. The van der Waals surface area contributed by atoms with Crippen LogP contribution in [0.5, 0.6) is 0 Å². The molecule has 1 rings (SSSR count). The zero-order valence-electron chi connectivity index (χ0n) is 10.9. The van der Waals surface area contributed by atoms with Crippen LogP contribution in [0.4, 0.5) is 0 Å². The molecule has 0 N–H and O–H groups in total.